The second kappa shape index (κ2) is 16.9. The number of hydrogen-bond donors (Lipinski definition) is 1. The Morgan fingerprint density at radius 2 is 1.30 bits per heavy atom. The van der Waals surface area contributed by atoms with E-state index in [0.29, 0.717) is 5.84 Å². The van der Waals surface area contributed by atoms with Crippen molar-refractivity contribution in [2.45, 2.75) is 76.2 Å². The van der Waals surface area contributed by atoms with E-state index in [1.54, 1.807) is 0 Å². The quantitative estimate of drug-likeness (QED) is 0.0970. The third kappa shape index (κ3) is 7.03. The third-order valence-corrected chi connectivity index (χ3v) is 15.4. The lowest BCUT2D eigenvalue weighted by atomic mass is 9.54. The maximum atomic E-state index is 7.05. The topological polar surface area (TPSA) is 50.7 Å². The largest absolute Gasteiger partial charge is 0.383 e. The first kappa shape index (κ1) is 41.8. The van der Waals surface area contributed by atoms with E-state index in [1.807, 2.05) is 18.2 Å². The number of hydrogen-bond acceptors (Lipinski definition) is 1. The van der Waals surface area contributed by atoms with E-state index < -0.39 is 5.41 Å². The molecule has 1 spiro atoms. The van der Waals surface area contributed by atoms with Gasteiger partial charge in [0.1, 0.15) is 11.7 Å². The number of benzene rings is 6. The summed E-state index contributed by atoms with van der Waals surface area (Å²) in [4.78, 5) is 11.1. The zero-order chi connectivity index (χ0) is 45.0. The smallest absolute Gasteiger partial charge is 0.132 e. The Morgan fingerprint density at radius 3 is 1.98 bits per heavy atom. The molecule has 0 amide bonds. The van der Waals surface area contributed by atoms with Crippen molar-refractivity contribution >= 4 is 17.2 Å². The zero-order valence-corrected chi connectivity index (χ0v) is 38.7. The number of allylic oxidation sites excluding steroid dienone is 9. The van der Waals surface area contributed by atoms with Crippen molar-refractivity contribution in [3.05, 3.63) is 244 Å². The van der Waals surface area contributed by atoms with E-state index in [2.05, 4.69) is 204 Å². The molecule has 6 aromatic carbocycles. The molecule has 0 fully saturated rings. The van der Waals surface area contributed by atoms with E-state index in [9.17, 15) is 0 Å². The van der Waals surface area contributed by atoms with Crippen LogP contribution in [0, 0.1) is 17.8 Å². The molecule has 0 saturated heterocycles. The number of rotatable bonds is 7. The Bertz CT molecular complexity index is 3010. The fourth-order valence-corrected chi connectivity index (χ4v) is 12.2. The lowest BCUT2D eigenvalue weighted by molar-refractivity contribution is 0.431. The number of aliphatic imine (C=N–C) groups is 2. The van der Waals surface area contributed by atoms with Gasteiger partial charge in [0, 0.05) is 28.7 Å². The van der Waals surface area contributed by atoms with Crippen molar-refractivity contribution in [3.8, 4) is 22.3 Å². The minimum absolute atomic E-state index is 0.0115. The summed E-state index contributed by atoms with van der Waals surface area (Å²) in [7, 11) is 0. The molecule has 0 aliphatic heterocycles. The molecule has 3 heteroatoms. The van der Waals surface area contributed by atoms with Crippen molar-refractivity contribution in [2.24, 2.45) is 33.5 Å². The van der Waals surface area contributed by atoms with E-state index >= 15 is 0 Å². The average Bonchev–Trinajstić information content (AvgIpc) is 3.65. The van der Waals surface area contributed by atoms with Crippen LogP contribution in [0.1, 0.15) is 104 Å². The summed E-state index contributed by atoms with van der Waals surface area (Å²) in [6.45, 7) is 9.46. The Balaban J connectivity index is 1.12. The summed E-state index contributed by atoms with van der Waals surface area (Å²) in [5.41, 5.74) is 24.4. The summed E-state index contributed by atoms with van der Waals surface area (Å²) >= 11 is 0. The summed E-state index contributed by atoms with van der Waals surface area (Å²) < 4.78 is 0. The Morgan fingerprint density at radius 1 is 0.652 bits per heavy atom. The molecule has 0 heterocycles. The normalized spacial score (nSPS) is 22.7. The van der Waals surface area contributed by atoms with Crippen LogP contribution < -0.4 is 5.73 Å². The first-order valence-electron chi connectivity index (χ1n) is 24.2. The lowest BCUT2D eigenvalue weighted by Gasteiger charge is -2.48. The van der Waals surface area contributed by atoms with Crippen molar-refractivity contribution in [1.29, 1.82) is 0 Å². The van der Waals surface area contributed by atoms with Gasteiger partial charge in [-0.1, -0.05) is 209 Å². The Kier molecular flexibility index (Phi) is 10.7. The highest BCUT2D eigenvalue weighted by atomic mass is 15.0. The molecule has 5 aliphatic carbocycles. The molecule has 0 saturated carbocycles. The Hall–Kier alpha value is -6.84. The molecular formula is C63H59N3. The van der Waals surface area contributed by atoms with Gasteiger partial charge in [-0.25, -0.2) is 4.99 Å². The maximum absolute atomic E-state index is 7.05. The number of nitrogens with zero attached hydrogens (tertiary/aromatic N) is 2. The van der Waals surface area contributed by atoms with Crippen molar-refractivity contribution < 1.29 is 0 Å². The molecule has 0 bridgehead atoms. The molecule has 2 N–H and O–H groups in total. The summed E-state index contributed by atoms with van der Waals surface area (Å²) in [5.74, 6) is 1.92. The molecule has 5 unspecified atom stereocenters. The number of fused-ring (bicyclic) bond motifs is 9. The number of nitrogens with two attached hydrogens (primary N) is 1. The summed E-state index contributed by atoms with van der Waals surface area (Å²) in [5, 5.41) is 0. The van der Waals surface area contributed by atoms with Crippen LogP contribution in [0.3, 0.4) is 0 Å². The molecule has 66 heavy (non-hydrogen) atoms. The predicted octanol–water partition coefficient (Wildman–Crippen LogP) is 14.7. The van der Waals surface area contributed by atoms with E-state index in [4.69, 9.17) is 15.7 Å². The van der Waals surface area contributed by atoms with Gasteiger partial charge in [-0.2, -0.15) is 0 Å². The number of amidine groups is 2. The molecule has 6 aromatic rings. The van der Waals surface area contributed by atoms with Crippen LogP contribution >= 0.6 is 0 Å². The van der Waals surface area contributed by atoms with Crippen molar-refractivity contribution in [3.63, 3.8) is 0 Å². The van der Waals surface area contributed by atoms with Crippen LogP contribution in [0.15, 0.2) is 210 Å². The molecule has 0 radical (unpaired) electrons. The van der Waals surface area contributed by atoms with E-state index in [1.165, 1.54) is 72.3 Å². The highest BCUT2D eigenvalue weighted by Gasteiger charge is 2.59. The van der Waals surface area contributed by atoms with Gasteiger partial charge in [-0.05, 0) is 117 Å². The van der Waals surface area contributed by atoms with Crippen molar-refractivity contribution in [1.82, 2.24) is 0 Å². The zero-order valence-electron chi connectivity index (χ0n) is 38.7. The van der Waals surface area contributed by atoms with Crippen LogP contribution in [0.5, 0.6) is 0 Å². The van der Waals surface area contributed by atoms with Crippen molar-refractivity contribution in [2.75, 3.05) is 0 Å². The molecule has 326 valence electrons. The second-order valence-corrected chi connectivity index (χ2v) is 19.8. The third-order valence-electron chi connectivity index (χ3n) is 15.4. The lowest BCUT2D eigenvalue weighted by Crippen LogP contribution is -2.42. The second-order valence-electron chi connectivity index (χ2n) is 19.8. The molecule has 5 aliphatic rings. The fraction of sp³-hybridized carbons (Fsp3) is 0.238. The molecule has 5 atom stereocenters. The van der Waals surface area contributed by atoms with E-state index in [0.717, 1.165) is 37.1 Å². The van der Waals surface area contributed by atoms with Gasteiger partial charge in [0.05, 0.1) is 11.5 Å². The summed E-state index contributed by atoms with van der Waals surface area (Å²) in [6.07, 6.45) is 22.5. The first-order chi connectivity index (χ1) is 32.2. The molecule has 0 aromatic heterocycles. The highest BCUT2D eigenvalue weighted by Crippen LogP contribution is 2.66. The standard InChI is InChI=1S/C63H59N3/c1-41-37-52(61(65-42(2)43-19-8-5-9-20-43)66-60(64)47-23-12-7-13-24-47)59-51-40-50(49-26-18-25-48(39-49)46-33-31-45(32-34-46)44-21-10-6-11-22-44)35-36-53(51)63(58(59)38-41)56-29-16-14-27-54(56)62(3,4)55-28-15-17-30-57(55)63/h5,7-10,12-19,21-36,38-43,52,59H,6,11,20,37H2,1-4H3,(H2,64,65,66). The van der Waals surface area contributed by atoms with Crippen LogP contribution in [-0.4, -0.2) is 17.7 Å². The fourth-order valence-electron chi connectivity index (χ4n) is 12.2. The minimum atomic E-state index is -0.497. The van der Waals surface area contributed by atoms with Gasteiger partial charge in [0.25, 0.3) is 0 Å². The molecule has 3 nitrogen and oxygen atoms in total. The van der Waals surface area contributed by atoms with Gasteiger partial charge in [-0.3, -0.25) is 4.99 Å². The first-order valence-corrected chi connectivity index (χ1v) is 24.2. The SMILES string of the molecule is CC1C=C2C(c3cc(-c4cccc(-c5ccc(C6=CCCC=C6)cc5)c4)ccc3C23c2ccccc2C(C)(C)c2ccccc23)C(C(N=C(N)c2ccccc2)=NC(C)C2C=CC=CC2)C1. The molecular weight excluding hydrogens is 799 g/mol. The van der Waals surface area contributed by atoms with Crippen LogP contribution in [-0.2, 0) is 10.8 Å². The van der Waals surface area contributed by atoms with Gasteiger partial charge < -0.3 is 5.73 Å². The average molecular weight is 858 g/mol. The van der Waals surface area contributed by atoms with Gasteiger partial charge >= 0.3 is 0 Å². The molecule has 11 rings (SSSR count). The van der Waals surface area contributed by atoms with Gasteiger partial charge in [0.15, 0.2) is 0 Å². The highest BCUT2D eigenvalue weighted by molar-refractivity contribution is 6.06. The maximum Gasteiger partial charge on any atom is 0.132 e. The van der Waals surface area contributed by atoms with Gasteiger partial charge in [0.2, 0.25) is 0 Å². The monoisotopic (exact) mass is 857 g/mol. The van der Waals surface area contributed by atoms with Crippen LogP contribution in [0.25, 0.3) is 27.8 Å². The minimum Gasteiger partial charge on any atom is -0.383 e. The van der Waals surface area contributed by atoms with Gasteiger partial charge in [-0.15, -0.1) is 0 Å². The van der Waals surface area contributed by atoms with Crippen LogP contribution in [0.2, 0.25) is 0 Å². The summed E-state index contributed by atoms with van der Waals surface area (Å²) in [6, 6.07) is 54.4. The van der Waals surface area contributed by atoms with Crippen LogP contribution in [0.4, 0.5) is 0 Å². The predicted molar refractivity (Wildman–Crippen MR) is 277 cm³/mol. The Labute approximate surface area is 391 Å². The van der Waals surface area contributed by atoms with E-state index in [-0.39, 0.29) is 35.1 Å².